The monoisotopic (exact) mass is 339 g/mol. The summed E-state index contributed by atoms with van der Waals surface area (Å²) in [6.07, 6.45) is 3.35. The summed E-state index contributed by atoms with van der Waals surface area (Å²) >= 11 is 0. The summed E-state index contributed by atoms with van der Waals surface area (Å²) in [5, 5.41) is 2.99. The van der Waals surface area contributed by atoms with Crippen LogP contribution in [0.2, 0.25) is 0 Å². The van der Waals surface area contributed by atoms with Gasteiger partial charge in [0.1, 0.15) is 5.60 Å². The van der Waals surface area contributed by atoms with Crippen molar-refractivity contribution in [2.75, 3.05) is 13.1 Å². The molecule has 3 amide bonds. The van der Waals surface area contributed by atoms with Gasteiger partial charge in [-0.2, -0.15) is 0 Å². The third-order valence-corrected chi connectivity index (χ3v) is 4.73. The molecule has 2 fully saturated rings. The first-order chi connectivity index (χ1) is 11.2. The number of amides is 3. The molecule has 1 aliphatic heterocycles. The first kappa shape index (κ1) is 18.5. The largest absolute Gasteiger partial charge is 0.444 e. The zero-order valence-corrected chi connectivity index (χ0v) is 14.8. The minimum Gasteiger partial charge on any atom is -0.444 e. The van der Waals surface area contributed by atoms with Crippen molar-refractivity contribution in [1.29, 1.82) is 0 Å². The number of nitrogens with one attached hydrogen (secondary N) is 1. The second-order valence-corrected chi connectivity index (χ2v) is 7.80. The van der Waals surface area contributed by atoms with Gasteiger partial charge in [0.25, 0.3) is 0 Å². The van der Waals surface area contributed by atoms with Crippen molar-refractivity contribution >= 4 is 17.9 Å². The van der Waals surface area contributed by atoms with E-state index in [4.69, 9.17) is 10.5 Å². The number of likely N-dealkylation sites (tertiary alicyclic amines) is 1. The molecule has 1 aliphatic carbocycles. The van der Waals surface area contributed by atoms with E-state index >= 15 is 0 Å². The van der Waals surface area contributed by atoms with Crippen molar-refractivity contribution in [3.8, 4) is 0 Å². The summed E-state index contributed by atoms with van der Waals surface area (Å²) in [6.45, 7) is 6.53. The summed E-state index contributed by atoms with van der Waals surface area (Å²) in [6, 6.07) is -0.140. The van der Waals surface area contributed by atoms with Crippen molar-refractivity contribution in [1.82, 2.24) is 10.2 Å². The third-order valence-electron chi connectivity index (χ3n) is 4.73. The number of carbonyl (C=O) groups excluding carboxylic acids is 3. The quantitative estimate of drug-likeness (QED) is 0.811. The van der Waals surface area contributed by atoms with E-state index in [-0.39, 0.29) is 35.8 Å². The fourth-order valence-electron chi connectivity index (χ4n) is 3.42. The van der Waals surface area contributed by atoms with Gasteiger partial charge in [0, 0.05) is 25.0 Å². The SMILES string of the molecule is CC(C)(C)OC(=O)N1CCC(C(=O)N[C@H]2CCC[C@@H]2C(N)=O)CC1. The lowest BCUT2D eigenvalue weighted by Gasteiger charge is -2.33. The van der Waals surface area contributed by atoms with Gasteiger partial charge in [-0.25, -0.2) is 4.79 Å². The predicted molar refractivity (Wildman–Crippen MR) is 89.0 cm³/mol. The number of piperidine rings is 1. The van der Waals surface area contributed by atoms with E-state index in [1.165, 1.54) is 0 Å². The van der Waals surface area contributed by atoms with E-state index in [2.05, 4.69) is 5.32 Å². The molecule has 2 rings (SSSR count). The van der Waals surface area contributed by atoms with Crippen LogP contribution in [0.1, 0.15) is 52.9 Å². The average Bonchev–Trinajstić information content (AvgIpc) is 2.94. The molecule has 2 atom stereocenters. The summed E-state index contributed by atoms with van der Waals surface area (Å²) in [7, 11) is 0. The molecule has 1 heterocycles. The Hall–Kier alpha value is -1.79. The van der Waals surface area contributed by atoms with E-state index in [0.29, 0.717) is 25.9 Å². The van der Waals surface area contributed by atoms with Crippen molar-refractivity contribution in [3.63, 3.8) is 0 Å². The fraction of sp³-hybridized carbons (Fsp3) is 0.824. The summed E-state index contributed by atoms with van der Waals surface area (Å²) in [4.78, 5) is 37.5. The molecule has 0 aromatic heterocycles. The van der Waals surface area contributed by atoms with E-state index in [0.717, 1.165) is 19.3 Å². The van der Waals surface area contributed by atoms with Crippen LogP contribution in [0.25, 0.3) is 0 Å². The number of ether oxygens (including phenoxy) is 1. The standard InChI is InChI=1S/C17H29N3O4/c1-17(2,3)24-16(23)20-9-7-11(8-10-20)15(22)19-13-6-4-5-12(13)14(18)21/h11-13H,4-10H2,1-3H3,(H2,18,21)(H,19,22)/t12-,13-/m0/s1. The predicted octanol–water partition coefficient (Wildman–Crippen LogP) is 1.40. The van der Waals surface area contributed by atoms with Crippen molar-refractivity contribution in [2.45, 2.75) is 64.5 Å². The van der Waals surface area contributed by atoms with E-state index < -0.39 is 5.60 Å². The Morgan fingerprint density at radius 1 is 1.08 bits per heavy atom. The summed E-state index contributed by atoms with van der Waals surface area (Å²) in [5.74, 6) is -0.747. The summed E-state index contributed by atoms with van der Waals surface area (Å²) in [5.41, 5.74) is 4.88. The maximum atomic E-state index is 12.4. The molecule has 0 spiro atoms. The number of hydrogen-bond acceptors (Lipinski definition) is 4. The van der Waals surface area contributed by atoms with Crippen LogP contribution in [0, 0.1) is 11.8 Å². The molecule has 0 aromatic rings. The first-order valence-corrected chi connectivity index (χ1v) is 8.75. The first-order valence-electron chi connectivity index (χ1n) is 8.75. The van der Waals surface area contributed by atoms with Crippen LogP contribution in [0.15, 0.2) is 0 Å². The third kappa shape index (κ3) is 4.85. The molecule has 7 heteroatoms. The number of nitrogens with zero attached hydrogens (tertiary/aromatic N) is 1. The molecule has 0 radical (unpaired) electrons. The highest BCUT2D eigenvalue weighted by Gasteiger charge is 2.35. The van der Waals surface area contributed by atoms with Gasteiger partial charge in [0.05, 0.1) is 5.92 Å². The molecule has 7 nitrogen and oxygen atoms in total. The molecule has 2 aliphatic rings. The Morgan fingerprint density at radius 3 is 2.25 bits per heavy atom. The van der Waals surface area contributed by atoms with Crippen molar-refractivity contribution in [3.05, 3.63) is 0 Å². The maximum absolute atomic E-state index is 12.4. The lowest BCUT2D eigenvalue weighted by Crippen LogP contribution is -2.48. The van der Waals surface area contributed by atoms with E-state index in [9.17, 15) is 14.4 Å². The minimum atomic E-state index is -0.516. The number of hydrogen-bond donors (Lipinski definition) is 2. The number of carbonyl (C=O) groups is 3. The molecule has 136 valence electrons. The van der Waals surface area contributed by atoms with Gasteiger partial charge in [-0.15, -0.1) is 0 Å². The van der Waals surface area contributed by atoms with Crippen LogP contribution >= 0.6 is 0 Å². The summed E-state index contributed by atoms with van der Waals surface area (Å²) < 4.78 is 5.36. The zero-order valence-electron chi connectivity index (χ0n) is 14.8. The molecule has 3 N–H and O–H groups in total. The van der Waals surface area contributed by atoms with Gasteiger partial charge in [-0.05, 0) is 46.5 Å². The van der Waals surface area contributed by atoms with Gasteiger partial charge in [0.2, 0.25) is 11.8 Å². The smallest absolute Gasteiger partial charge is 0.410 e. The molecule has 0 unspecified atom stereocenters. The second kappa shape index (κ2) is 7.40. The molecular weight excluding hydrogens is 310 g/mol. The lowest BCUT2D eigenvalue weighted by molar-refractivity contribution is -0.128. The van der Waals surface area contributed by atoms with Gasteiger partial charge in [-0.3, -0.25) is 9.59 Å². The van der Waals surface area contributed by atoms with Crippen LogP contribution in [-0.2, 0) is 14.3 Å². The van der Waals surface area contributed by atoms with Crippen molar-refractivity contribution < 1.29 is 19.1 Å². The maximum Gasteiger partial charge on any atom is 0.410 e. The molecule has 1 saturated carbocycles. The molecule has 1 saturated heterocycles. The zero-order chi connectivity index (χ0) is 17.9. The van der Waals surface area contributed by atoms with E-state index in [1.54, 1.807) is 4.90 Å². The van der Waals surface area contributed by atoms with Crippen LogP contribution in [-0.4, -0.2) is 47.5 Å². The Morgan fingerprint density at radius 2 is 1.71 bits per heavy atom. The van der Waals surface area contributed by atoms with Crippen LogP contribution in [0.5, 0.6) is 0 Å². The minimum absolute atomic E-state index is 0.0306. The number of rotatable bonds is 3. The van der Waals surface area contributed by atoms with Crippen LogP contribution in [0.3, 0.4) is 0 Å². The van der Waals surface area contributed by atoms with Crippen LogP contribution in [0.4, 0.5) is 4.79 Å². The van der Waals surface area contributed by atoms with E-state index in [1.807, 2.05) is 20.8 Å². The molecular formula is C17H29N3O4. The highest BCUT2D eigenvalue weighted by molar-refractivity contribution is 5.82. The Balaban J connectivity index is 1.80. The molecule has 24 heavy (non-hydrogen) atoms. The highest BCUT2D eigenvalue weighted by Crippen LogP contribution is 2.27. The van der Waals surface area contributed by atoms with Crippen molar-refractivity contribution in [2.24, 2.45) is 17.6 Å². The Bertz CT molecular complexity index is 493. The van der Waals surface area contributed by atoms with Crippen LogP contribution < -0.4 is 11.1 Å². The lowest BCUT2D eigenvalue weighted by atomic mass is 9.94. The second-order valence-electron chi connectivity index (χ2n) is 7.80. The van der Waals surface area contributed by atoms with Gasteiger partial charge >= 0.3 is 6.09 Å². The fourth-order valence-corrected chi connectivity index (χ4v) is 3.42. The normalized spacial score (nSPS) is 25.4. The highest BCUT2D eigenvalue weighted by atomic mass is 16.6. The Labute approximate surface area is 143 Å². The topological polar surface area (TPSA) is 102 Å². The average molecular weight is 339 g/mol. The number of primary amides is 1. The Kier molecular flexibility index (Phi) is 5.72. The molecule has 0 aromatic carbocycles. The molecule has 0 bridgehead atoms. The number of nitrogens with two attached hydrogens (primary N) is 1. The van der Waals surface area contributed by atoms with Gasteiger partial charge < -0.3 is 20.7 Å². The van der Waals surface area contributed by atoms with Gasteiger partial charge in [-0.1, -0.05) is 6.42 Å². The van der Waals surface area contributed by atoms with Gasteiger partial charge in [0.15, 0.2) is 0 Å².